The lowest BCUT2D eigenvalue weighted by atomic mass is 10.0. The second-order valence-corrected chi connectivity index (χ2v) is 4.86. The summed E-state index contributed by atoms with van der Waals surface area (Å²) in [6.45, 7) is 4.96. The van der Waals surface area contributed by atoms with Gasteiger partial charge in [0.05, 0.1) is 12.6 Å². The van der Waals surface area contributed by atoms with Crippen molar-refractivity contribution in [2.24, 2.45) is 11.7 Å². The van der Waals surface area contributed by atoms with Crippen LogP contribution in [0.4, 0.5) is 0 Å². The van der Waals surface area contributed by atoms with Gasteiger partial charge in [0, 0.05) is 17.1 Å². The second kappa shape index (κ2) is 5.36. The van der Waals surface area contributed by atoms with Gasteiger partial charge in [-0.05, 0) is 49.6 Å². The Kier molecular flexibility index (Phi) is 3.82. The van der Waals surface area contributed by atoms with Gasteiger partial charge in [0.1, 0.15) is 5.75 Å². The number of nitrogens with two attached hydrogens (primary N) is 1. The van der Waals surface area contributed by atoms with Crippen LogP contribution in [0.2, 0.25) is 0 Å². The summed E-state index contributed by atoms with van der Waals surface area (Å²) in [7, 11) is 1.67. The summed E-state index contributed by atoms with van der Waals surface area (Å²) in [5.41, 5.74) is 9.02. The summed E-state index contributed by atoms with van der Waals surface area (Å²) in [6, 6.07) is 8.17. The molecule has 3 nitrogen and oxygen atoms in total. The lowest BCUT2D eigenvalue weighted by Gasteiger charge is -2.11. The molecule has 0 saturated carbocycles. The number of rotatable bonds is 4. The van der Waals surface area contributed by atoms with E-state index in [1.54, 1.807) is 7.11 Å². The molecule has 0 saturated heterocycles. The average molecular weight is 244 g/mol. The van der Waals surface area contributed by atoms with E-state index in [-0.39, 0.29) is 0 Å². The topological polar surface area (TPSA) is 48.1 Å². The van der Waals surface area contributed by atoms with E-state index < -0.39 is 0 Å². The Bertz CT molecular complexity index is 551. The zero-order valence-corrected chi connectivity index (χ0v) is 11.2. The van der Waals surface area contributed by atoms with E-state index in [1.807, 2.05) is 12.1 Å². The molecule has 3 heteroatoms. The summed E-state index contributed by atoms with van der Waals surface area (Å²) in [5.74, 6) is 1.30. The first kappa shape index (κ1) is 12.8. The molecule has 2 rings (SSSR count). The largest absolute Gasteiger partial charge is 0.497 e. The van der Waals surface area contributed by atoms with Gasteiger partial charge in [-0.25, -0.2) is 0 Å². The zero-order chi connectivity index (χ0) is 13.1. The minimum atomic E-state index is 0.458. The number of pyridine rings is 1. The monoisotopic (exact) mass is 244 g/mol. The second-order valence-electron chi connectivity index (χ2n) is 4.86. The summed E-state index contributed by atoms with van der Waals surface area (Å²) in [6.07, 6.45) is 0.921. The summed E-state index contributed by atoms with van der Waals surface area (Å²) in [5, 5.41) is 1.18. The third-order valence-corrected chi connectivity index (χ3v) is 3.24. The van der Waals surface area contributed by atoms with Crippen molar-refractivity contribution in [2.75, 3.05) is 13.7 Å². The van der Waals surface area contributed by atoms with Gasteiger partial charge in [-0.1, -0.05) is 6.92 Å². The van der Waals surface area contributed by atoms with E-state index in [0.29, 0.717) is 12.5 Å². The molecule has 1 heterocycles. The molecule has 1 unspecified atom stereocenters. The SMILES string of the molecule is COc1ccc2c(C)cc(CC(C)CN)nc2c1. The molecule has 1 aromatic heterocycles. The highest BCUT2D eigenvalue weighted by Gasteiger charge is 2.07. The van der Waals surface area contributed by atoms with Gasteiger partial charge < -0.3 is 10.5 Å². The van der Waals surface area contributed by atoms with Crippen LogP contribution >= 0.6 is 0 Å². The normalized spacial score (nSPS) is 12.7. The molecule has 0 aliphatic rings. The molecule has 0 aliphatic heterocycles. The van der Waals surface area contributed by atoms with Crippen LogP contribution in [0, 0.1) is 12.8 Å². The van der Waals surface area contributed by atoms with E-state index >= 15 is 0 Å². The molecule has 1 aromatic carbocycles. The fourth-order valence-electron chi connectivity index (χ4n) is 2.12. The summed E-state index contributed by atoms with van der Waals surface area (Å²) in [4.78, 5) is 4.70. The van der Waals surface area contributed by atoms with Crippen molar-refractivity contribution in [3.05, 3.63) is 35.5 Å². The van der Waals surface area contributed by atoms with Gasteiger partial charge in [-0.2, -0.15) is 0 Å². The first-order chi connectivity index (χ1) is 8.63. The van der Waals surface area contributed by atoms with Gasteiger partial charge in [-0.15, -0.1) is 0 Å². The predicted octanol–water partition coefficient (Wildman–Crippen LogP) is 2.69. The number of fused-ring (bicyclic) bond motifs is 1. The maximum Gasteiger partial charge on any atom is 0.121 e. The Hall–Kier alpha value is -1.61. The third kappa shape index (κ3) is 2.62. The number of hydrogen-bond acceptors (Lipinski definition) is 3. The van der Waals surface area contributed by atoms with Crippen LogP contribution in [-0.2, 0) is 6.42 Å². The van der Waals surface area contributed by atoms with Crippen LogP contribution in [-0.4, -0.2) is 18.6 Å². The molecule has 0 aliphatic carbocycles. The van der Waals surface area contributed by atoms with Crippen LogP contribution in [0.25, 0.3) is 10.9 Å². The van der Waals surface area contributed by atoms with Crippen LogP contribution in [0.1, 0.15) is 18.2 Å². The van der Waals surface area contributed by atoms with Crippen molar-refractivity contribution in [1.82, 2.24) is 4.98 Å². The van der Waals surface area contributed by atoms with Gasteiger partial charge >= 0.3 is 0 Å². The molecule has 0 fully saturated rings. The van der Waals surface area contributed by atoms with Crippen molar-refractivity contribution in [3.63, 3.8) is 0 Å². The van der Waals surface area contributed by atoms with E-state index in [4.69, 9.17) is 15.5 Å². The minimum absolute atomic E-state index is 0.458. The number of nitrogens with zero attached hydrogens (tertiary/aromatic N) is 1. The first-order valence-electron chi connectivity index (χ1n) is 6.28. The molecule has 2 aromatic rings. The highest BCUT2D eigenvalue weighted by molar-refractivity contribution is 5.83. The molecule has 0 bridgehead atoms. The highest BCUT2D eigenvalue weighted by Crippen LogP contribution is 2.23. The van der Waals surface area contributed by atoms with Gasteiger partial charge in [0.2, 0.25) is 0 Å². The van der Waals surface area contributed by atoms with Crippen molar-refractivity contribution >= 4 is 10.9 Å². The maximum atomic E-state index is 5.67. The van der Waals surface area contributed by atoms with E-state index in [1.165, 1.54) is 10.9 Å². The number of hydrogen-bond donors (Lipinski definition) is 1. The highest BCUT2D eigenvalue weighted by atomic mass is 16.5. The Morgan fingerprint density at radius 2 is 2.11 bits per heavy atom. The van der Waals surface area contributed by atoms with Crippen LogP contribution < -0.4 is 10.5 Å². The smallest absolute Gasteiger partial charge is 0.121 e. The number of aromatic nitrogens is 1. The summed E-state index contributed by atoms with van der Waals surface area (Å²) < 4.78 is 5.24. The Balaban J connectivity index is 2.45. The number of benzene rings is 1. The molecule has 2 N–H and O–H groups in total. The van der Waals surface area contributed by atoms with E-state index in [2.05, 4.69) is 26.0 Å². The van der Waals surface area contributed by atoms with Crippen molar-refractivity contribution in [1.29, 1.82) is 0 Å². The molecule has 96 valence electrons. The quantitative estimate of drug-likeness (QED) is 0.899. The van der Waals surface area contributed by atoms with Crippen LogP contribution in [0.5, 0.6) is 5.75 Å². The molecule has 0 spiro atoms. The fourth-order valence-corrected chi connectivity index (χ4v) is 2.12. The molecular weight excluding hydrogens is 224 g/mol. The molecule has 0 amide bonds. The maximum absolute atomic E-state index is 5.67. The van der Waals surface area contributed by atoms with Gasteiger partial charge in [0.15, 0.2) is 0 Å². The Labute approximate surface area is 108 Å². The molecule has 0 radical (unpaired) electrons. The van der Waals surface area contributed by atoms with Crippen molar-refractivity contribution < 1.29 is 4.74 Å². The molecular formula is C15H20N2O. The predicted molar refractivity (Wildman–Crippen MR) is 75.0 cm³/mol. The molecule has 18 heavy (non-hydrogen) atoms. The first-order valence-corrected chi connectivity index (χ1v) is 6.28. The standard InChI is InChI=1S/C15H20N2O/c1-10(9-16)6-12-7-11(2)14-5-4-13(18-3)8-15(14)17-12/h4-5,7-8,10H,6,9,16H2,1-3H3. The van der Waals surface area contributed by atoms with Crippen molar-refractivity contribution in [3.8, 4) is 5.75 Å². The average Bonchev–Trinajstić information content (AvgIpc) is 2.37. The molecule has 1 atom stereocenters. The van der Waals surface area contributed by atoms with Gasteiger partial charge in [-0.3, -0.25) is 4.98 Å². The van der Waals surface area contributed by atoms with E-state index in [9.17, 15) is 0 Å². The lowest BCUT2D eigenvalue weighted by molar-refractivity contribution is 0.415. The summed E-state index contributed by atoms with van der Waals surface area (Å²) >= 11 is 0. The zero-order valence-electron chi connectivity index (χ0n) is 11.2. The van der Waals surface area contributed by atoms with Crippen LogP contribution in [0.3, 0.4) is 0 Å². The lowest BCUT2D eigenvalue weighted by Crippen LogP contribution is -2.14. The number of methoxy groups -OCH3 is 1. The van der Waals surface area contributed by atoms with Gasteiger partial charge in [0.25, 0.3) is 0 Å². The fraction of sp³-hybridized carbons (Fsp3) is 0.400. The minimum Gasteiger partial charge on any atom is -0.497 e. The number of aryl methyl sites for hydroxylation is 1. The Morgan fingerprint density at radius 3 is 2.78 bits per heavy atom. The third-order valence-electron chi connectivity index (χ3n) is 3.24. The number of ether oxygens (including phenoxy) is 1. The van der Waals surface area contributed by atoms with E-state index in [0.717, 1.165) is 23.4 Å². The van der Waals surface area contributed by atoms with Crippen LogP contribution in [0.15, 0.2) is 24.3 Å². The van der Waals surface area contributed by atoms with Crippen molar-refractivity contribution in [2.45, 2.75) is 20.3 Å². The Morgan fingerprint density at radius 1 is 1.33 bits per heavy atom.